The van der Waals surface area contributed by atoms with E-state index in [1.807, 2.05) is 23.6 Å². The number of benzene rings is 1. The van der Waals surface area contributed by atoms with Crippen LogP contribution in [0, 0.1) is 0 Å². The van der Waals surface area contributed by atoms with E-state index in [1.54, 1.807) is 29.5 Å². The van der Waals surface area contributed by atoms with E-state index in [2.05, 4.69) is 12.2 Å². The SMILES string of the molecule is CCCC(NC(=O)Cc1ccccc1O)c1cccs1. The molecule has 106 valence electrons. The molecule has 2 rings (SSSR count). The van der Waals surface area contributed by atoms with Crippen LogP contribution in [0.4, 0.5) is 0 Å². The number of hydrogen-bond donors (Lipinski definition) is 2. The summed E-state index contributed by atoms with van der Waals surface area (Å²) in [6.45, 7) is 2.11. The number of nitrogens with one attached hydrogen (secondary N) is 1. The molecule has 0 saturated heterocycles. The van der Waals surface area contributed by atoms with E-state index in [-0.39, 0.29) is 24.1 Å². The summed E-state index contributed by atoms with van der Waals surface area (Å²) < 4.78 is 0. The average Bonchev–Trinajstić information content (AvgIpc) is 2.95. The van der Waals surface area contributed by atoms with Gasteiger partial charge >= 0.3 is 0 Å². The second kappa shape index (κ2) is 7.10. The van der Waals surface area contributed by atoms with Gasteiger partial charge in [0.25, 0.3) is 0 Å². The van der Waals surface area contributed by atoms with E-state index in [0.717, 1.165) is 12.8 Å². The predicted molar refractivity (Wildman–Crippen MR) is 81.9 cm³/mol. The maximum atomic E-state index is 12.1. The molecule has 4 heteroatoms. The van der Waals surface area contributed by atoms with E-state index >= 15 is 0 Å². The molecule has 0 fully saturated rings. The number of thiophene rings is 1. The lowest BCUT2D eigenvalue weighted by molar-refractivity contribution is -0.121. The molecule has 1 atom stereocenters. The fourth-order valence-corrected chi connectivity index (χ4v) is 2.95. The van der Waals surface area contributed by atoms with Crippen LogP contribution in [-0.2, 0) is 11.2 Å². The number of hydrogen-bond acceptors (Lipinski definition) is 3. The van der Waals surface area contributed by atoms with Crippen LogP contribution in [0.2, 0.25) is 0 Å². The Morgan fingerprint density at radius 3 is 2.75 bits per heavy atom. The third-order valence-electron chi connectivity index (χ3n) is 3.14. The van der Waals surface area contributed by atoms with Crippen LogP contribution in [0.1, 0.15) is 36.2 Å². The molecule has 0 aliphatic rings. The molecule has 20 heavy (non-hydrogen) atoms. The molecule has 0 aliphatic heterocycles. The van der Waals surface area contributed by atoms with Crippen molar-refractivity contribution in [1.29, 1.82) is 0 Å². The van der Waals surface area contributed by atoms with E-state index in [1.165, 1.54) is 4.88 Å². The van der Waals surface area contributed by atoms with Crippen LogP contribution in [0.5, 0.6) is 5.75 Å². The minimum atomic E-state index is -0.0571. The van der Waals surface area contributed by atoms with Crippen LogP contribution in [-0.4, -0.2) is 11.0 Å². The normalized spacial score (nSPS) is 12.1. The van der Waals surface area contributed by atoms with E-state index in [0.29, 0.717) is 5.56 Å². The lowest BCUT2D eigenvalue weighted by atomic mass is 10.1. The maximum absolute atomic E-state index is 12.1. The van der Waals surface area contributed by atoms with Crippen molar-refractivity contribution in [3.8, 4) is 5.75 Å². The first-order valence-corrected chi connectivity index (χ1v) is 7.68. The molecule has 0 radical (unpaired) electrons. The summed E-state index contributed by atoms with van der Waals surface area (Å²) in [6, 6.07) is 11.1. The molecule has 1 amide bonds. The van der Waals surface area contributed by atoms with E-state index < -0.39 is 0 Å². The van der Waals surface area contributed by atoms with E-state index in [4.69, 9.17) is 0 Å². The Bertz CT molecular complexity index is 551. The Balaban J connectivity index is 2.00. The summed E-state index contributed by atoms with van der Waals surface area (Å²) in [5, 5.41) is 14.8. The van der Waals surface area contributed by atoms with Gasteiger partial charge in [-0.1, -0.05) is 37.6 Å². The molecule has 3 nitrogen and oxygen atoms in total. The molecule has 0 aliphatic carbocycles. The zero-order valence-corrected chi connectivity index (χ0v) is 12.3. The Kier molecular flexibility index (Phi) is 5.18. The van der Waals surface area contributed by atoms with Gasteiger partial charge in [-0.25, -0.2) is 0 Å². The van der Waals surface area contributed by atoms with Gasteiger partial charge in [-0.15, -0.1) is 11.3 Å². The van der Waals surface area contributed by atoms with Gasteiger partial charge in [-0.3, -0.25) is 4.79 Å². The Labute approximate surface area is 123 Å². The number of carbonyl (C=O) groups is 1. The van der Waals surface area contributed by atoms with Gasteiger partial charge in [0.05, 0.1) is 12.5 Å². The first kappa shape index (κ1) is 14.6. The van der Waals surface area contributed by atoms with Gasteiger partial charge < -0.3 is 10.4 Å². The molecule has 1 aromatic heterocycles. The van der Waals surface area contributed by atoms with Crippen LogP contribution in [0.3, 0.4) is 0 Å². The fourth-order valence-electron chi connectivity index (χ4n) is 2.14. The number of aromatic hydroxyl groups is 1. The van der Waals surface area contributed by atoms with Crippen molar-refractivity contribution in [2.24, 2.45) is 0 Å². The second-order valence-electron chi connectivity index (χ2n) is 4.73. The first-order chi connectivity index (χ1) is 9.70. The second-order valence-corrected chi connectivity index (χ2v) is 5.71. The Morgan fingerprint density at radius 1 is 1.30 bits per heavy atom. The smallest absolute Gasteiger partial charge is 0.225 e. The Hall–Kier alpha value is -1.81. The van der Waals surface area contributed by atoms with Gasteiger partial charge in [0.15, 0.2) is 0 Å². The first-order valence-electron chi connectivity index (χ1n) is 6.80. The van der Waals surface area contributed by atoms with Crippen LogP contribution >= 0.6 is 11.3 Å². The summed E-state index contributed by atoms with van der Waals surface area (Å²) in [5.74, 6) is 0.115. The number of para-hydroxylation sites is 1. The molecule has 0 spiro atoms. The third-order valence-corrected chi connectivity index (χ3v) is 4.13. The average molecular weight is 289 g/mol. The summed E-state index contributed by atoms with van der Waals surface area (Å²) in [5.41, 5.74) is 0.659. The van der Waals surface area contributed by atoms with Crippen molar-refractivity contribution in [3.05, 3.63) is 52.2 Å². The molecule has 1 heterocycles. The molecule has 0 saturated carbocycles. The lowest BCUT2D eigenvalue weighted by Gasteiger charge is -2.17. The molecular weight excluding hydrogens is 270 g/mol. The highest BCUT2D eigenvalue weighted by atomic mass is 32.1. The monoisotopic (exact) mass is 289 g/mol. The number of phenols is 1. The van der Waals surface area contributed by atoms with Crippen molar-refractivity contribution >= 4 is 17.2 Å². The lowest BCUT2D eigenvalue weighted by Crippen LogP contribution is -2.29. The van der Waals surface area contributed by atoms with Gasteiger partial charge in [0.2, 0.25) is 5.91 Å². The largest absolute Gasteiger partial charge is 0.508 e. The number of rotatable bonds is 6. The van der Waals surface area contributed by atoms with Crippen molar-refractivity contribution in [2.75, 3.05) is 0 Å². The summed E-state index contributed by atoms with van der Waals surface area (Å²) in [4.78, 5) is 13.3. The van der Waals surface area contributed by atoms with Crippen molar-refractivity contribution < 1.29 is 9.90 Å². The van der Waals surface area contributed by atoms with Crippen LogP contribution < -0.4 is 5.32 Å². The van der Waals surface area contributed by atoms with Crippen LogP contribution in [0.15, 0.2) is 41.8 Å². The van der Waals surface area contributed by atoms with Gasteiger partial charge in [0, 0.05) is 10.4 Å². The maximum Gasteiger partial charge on any atom is 0.225 e. The van der Waals surface area contributed by atoms with Gasteiger partial charge in [-0.05, 0) is 23.9 Å². The summed E-state index contributed by atoms with van der Waals surface area (Å²) in [7, 11) is 0. The number of carbonyl (C=O) groups excluding carboxylic acids is 1. The minimum absolute atomic E-state index is 0.0571. The topological polar surface area (TPSA) is 49.3 Å². The van der Waals surface area contributed by atoms with Gasteiger partial charge in [-0.2, -0.15) is 0 Å². The van der Waals surface area contributed by atoms with Crippen molar-refractivity contribution in [1.82, 2.24) is 5.32 Å². The van der Waals surface area contributed by atoms with Crippen molar-refractivity contribution in [3.63, 3.8) is 0 Å². The molecule has 2 N–H and O–H groups in total. The standard InChI is InChI=1S/C16H19NO2S/c1-2-6-13(15-9-5-10-20-15)17-16(19)11-12-7-3-4-8-14(12)18/h3-5,7-10,13,18H,2,6,11H2,1H3,(H,17,19). The fraction of sp³-hybridized carbons (Fsp3) is 0.312. The highest BCUT2D eigenvalue weighted by molar-refractivity contribution is 7.10. The minimum Gasteiger partial charge on any atom is -0.508 e. The third kappa shape index (κ3) is 3.84. The predicted octanol–water partition coefficient (Wildman–Crippen LogP) is 3.65. The summed E-state index contributed by atoms with van der Waals surface area (Å²) in [6.07, 6.45) is 2.14. The zero-order valence-electron chi connectivity index (χ0n) is 11.5. The molecule has 2 aromatic rings. The molecule has 0 bridgehead atoms. The van der Waals surface area contributed by atoms with E-state index in [9.17, 15) is 9.90 Å². The van der Waals surface area contributed by atoms with Crippen LogP contribution in [0.25, 0.3) is 0 Å². The summed E-state index contributed by atoms with van der Waals surface area (Å²) >= 11 is 1.66. The number of amides is 1. The van der Waals surface area contributed by atoms with Gasteiger partial charge in [0.1, 0.15) is 5.75 Å². The molecule has 1 unspecified atom stereocenters. The van der Waals surface area contributed by atoms with Crippen molar-refractivity contribution in [2.45, 2.75) is 32.2 Å². The zero-order chi connectivity index (χ0) is 14.4. The molecule has 1 aromatic carbocycles. The quantitative estimate of drug-likeness (QED) is 0.852. The highest BCUT2D eigenvalue weighted by Crippen LogP contribution is 2.23. The highest BCUT2D eigenvalue weighted by Gasteiger charge is 2.15. The molecular formula is C16H19NO2S. The Morgan fingerprint density at radius 2 is 2.10 bits per heavy atom. The number of phenolic OH excluding ortho intramolecular Hbond substituents is 1.